The molecule has 1 fully saturated rings. The van der Waals surface area contributed by atoms with Crippen molar-refractivity contribution in [3.8, 4) is 0 Å². The van der Waals surface area contributed by atoms with Gasteiger partial charge < -0.3 is 14.8 Å². The predicted molar refractivity (Wildman–Crippen MR) is 90.6 cm³/mol. The molecule has 0 aliphatic carbocycles. The lowest BCUT2D eigenvalue weighted by atomic mass is 9.90. The molecule has 1 aromatic rings. The first kappa shape index (κ1) is 18.9. The fourth-order valence-electron chi connectivity index (χ4n) is 2.53. The molecule has 0 spiro atoms. The molecule has 0 bridgehead atoms. The third-order valence-electron chi connectivity index (χ3n) is 3.75. The van der Waals surface area contributed by atoms with E-state index in [-0.39, 0.29) is 6.54 Å². The molecule has 2 N–H and O–H groups in total. The zero-order chi connectivity index (χ0) is 17.1. The van der Waals surface area contributed by atoms with E-state index in [4.69, 9.17) is 32.7 Å². The van der Waals surface area contributed by atoms with Crippen molar-refractivity contribution in [2.24, 2.45) is 0 Å². The Balaban J connectivity index is 2.38. The largest absolute Gasteiger partial charge is 0.372 e. The number of benzene rings is 1. The maximum Gasteiger partial charge on any atom is 0.208 e. The van der Waals surface area contributed by atoms with Crippen molar-refractivity contribution >= 4 is 33.2 Å². The number of sulfonamides is 1. The average Bonchev–Trinajstić information content (AvgIpc) is 2.70. The standard InChI is InChI=1S/C14H20Cl2N2O4S/c1-21-14(9-18-23(2,19)20)8-17-5-6-22-13(14)10-3-4-11(15)12(16)7-10/h3-4,7,13,17-18H,5-6,8-9H2,1-2H3/t13?,14-/m0/s1. The van der Waals surface area contributed by atoms with Gasteiger partial charge in [-0.2, -0.15) is 0 Å². The molecule has 1 saturated heterocycles. The van der Waals surface area contributed by atoms with Crippen molar-refractivity contribution in [3.05, 3.63) is 33.8 Å². The first-order valence-corrected chi connectivity index (χ1v) is 9.69. The van der Waals surface area contributed by atoms with Gasteiger partial charge in [-0.05, 0) is 17.7 Å². The van der Waals surface area contributed by atoms with Crippen LogP contribution in [0, 0.1) is 0 Å². The van der Waals surface area contributed by atoms with E-state index in [0.717, 1.165) is 11.8 Å². The van der Waals surface area contributed by atoms with E-state index in [1.165, 1.54) is 7.11 Å². The SMILES string of the molecule is CO[C@]1(CNS(C)(=O)=O)CNCCOC1c1ccc(Cl)c(Cl)c1. The number of rotatable bonds is 5. The summed E-state index contributed by atoms with van der Waals surface area (Å²) in [6.45, 7) is 1.61. The molecule has 2 atom stereocenters. The Labute approximate surface area is 146 Å². The number of methoxy groups -OCH3 is 1. The number of nitrogens with one attached hydrogen (secondary N) is 2. The smallest absolute Gasteiger partial charge is 0.208 e. The van der Waals surface area contributed by atoms with Crippen LogP contribution in [-0.2, 0) is 19.5 Å². The summed E-state index contributed by atoms with van der Waals surface area (Å²) in [5.74, 6) is 0. The number of hydrogen-bond donors (Lipinski definition) is 2. The molecule has 9 heteroatoms. The molecule has 130 valence electrons. The lowest BCUT2D eigenvalue weighted by molar-refractivity contribution is -0.113. The number of hydrogen-bond acceptors (Lipinski definition) is 5. The fourth-order valence-corrected chi connectivity index (χ4v) is 3.34. The van der Waals surface area contributed by atoms with Gasteiger partial charge in [0.25, 0.3) is 0 Å². The Morgan fingerprint density at radius 3 is 2.78 bits per heavy atom. The summed E-state index contributed by atoms with van der Waals surface area (Å²) in [6, 6.07) is 5.21. The van der Waals surface area contributed by atoms with E-state index in [9.17, 15) is 8.42 Å². The summed E-state index contributed by atoms with van der Waals surface area (Å²) in [5.41, 5.74) is -0.128. The Morgan fingerprint density at radius 1 is 1.43 bits per heavy atom. The van der Waals surface area contributed by atoms with E-state index >= 15 is 0 Å². The van der Waals surface area contributed by atoms with Crippen LogP contribution in [0.1, 0.15) is 11.7 Å². The topological polar surface area (TPSA) is 76.7 Å². The molecule has 6 nitrogen and oxygen atoms in total. The minimum absolute atomic E-state index is 0.0697. The quantitative estimate of drug-likeness (QED) is 0.808. The van der Waals surface area contributed by atoms with Gasteiger partial charge in [0.05, 0.1) is 22.9 Å². The van der Waals surface area contributed by atoms with Gasteiger partial charge in [-0.25, -0.2) is 13.1 Å². The van der Waals surface area contributed by atoms with Crippen molar-refractivity contribution in [3.63, 3.8) is 0 Å². The molecule has 0 aromatic heterocycles. The molecule has 0 saturated carbocycles. The van der Waals surface area contributed by atoms with Crippen LogP contribution in [-0.4, -0.2) is 53.6 Å². The highest BCUT2D eigenvalue weighted by Crippen LogP contribution is 2.36. The first-order chi connectivity index (χ1) is 10.8. The van der Waals surface area contributed by atoms with Crippen molar-refractivity contribution < 1.29 is 17.9 Å². The zero-order valence-electron chi connectivity index (χ0n) is 12.9. The minimum atomic E-state index is -3.36. The summed E-state index contributed by atoms with van der Waals surface area (Å²) in [7, 11) is -1.83. The molecular formula is C14H20Cl2N2O4S. The average molecular weight is 383 g/mol. The summed E-state index contributed by atoms with van der Waals surface area (Å²) in [6.07, 6.45) is 0.613. The van der Waals surface area contributed by atoms with E-state index in [0.29, 0.717) is 29.7 Å². The molecule has 2 rings (SSSR count). The second-order valence-electron chi connectivity index (χ2n) is 5.46. The van der Waals surface area contributed by atoms with Crippen LogP contribution in [0.2, 0.25) is 10.0 Å². The van der Waals surface area contributed by atoms with Gasteiger partial charge >= 0.3 is 0 Å². The second-order valence-corrected chi connectivity index (χ2v) is 8.11. The molecule has 1 heterocycles. The highest BCUT2D eigenvalue weighted by molar-refractivity contribution is 7.88. The van der Waals surface area contributed by atoms with Crippen molar-refractivity contribution in [1.29, 1.82) is 0 Å². The van der Waals surface area contributed by atoms with Crippen LogP contribution >= 0.6 is 23.2 Å². The second kappa shape index (κ2) is 7.65. The van der Waals surface area contributed by atoms with Crippen molar-refractivity contribution in [2.45, 2.75) is 11.7 Å². The highest BCUT2D eigenvalue weighted by Gasteiger charge is 2.43. The van der Waals surface area contributed by atoms with Crippen LogP contribution < -0.4 is 10.0 Å². The Bertz CT molecular complexity index is 656. The van der Waals surface area contributed by atoms with Gasteiger partial charge in [0, 0.05) is 26.7 Å². The third kappa shape index (κ3) is 4.79. The molecule has 1 aliphatic heterocycles. The Hall–Kier alpha value is -0.410. The predicted octanol–water partition coefficient (Wildman–Crippen LogP) is 1.59. The number of halogens is 2. The van der Waals surface area contributed by atoms with Crippen LogP contribution in [0.5, 0.6) is 0 Å². The van der Waals surface area contributed by atoms with Crippen LogP contribution in [0.3, 0.4) is 0 Å². The summed E-state index contributed by atoms with van der Waals surface area (Å²) in [4.78, 5) is 0. The number of ether oxygens (including phenoxy) is 2. The summed E-state index contributed by atoms with van der Waals surface area (Å²) < 4.78 is 37.1. The van der Waals surface area contributed by atoms with Gasteiger partial charge in [0.15, 0.2) is 0 Å². The van der Waals surface area contributed by atoms with Crippen molar-refractivity contribution in [1.82, 2.24) is 10.0 Å². The molecule has 1 aliphatic rings. The molecule has 1 aromatic carbocycles. The molecule has 1 unspecified atom stereocenters. The van der Waals surface area contributed by atoms with Crippen LogP contribution in [0.25, 0.3) is 0 Å². The minimum Gasteiger partial charge on any atom is -0.372 e. The van der Waals surface area contributed by atoms with E-state index < -0.39 is 21.7 Å². The normalized spacial score (nSPS) is 26.0. The van der Waals surface area contributed by atoms with E-state index in [1.54, 1.807) is 18.2 Å². The lowest BCUT2D eigenvalue weighted by Gasteiger charge is -2.38. The fraction of sp³-hybridized carbons (Fsp3) is 0.571. The zero-order valence-corrected chi connectivity index (χ0v) is 15.3. The monoisotopic (exact) mass is 382 g/mol. The van der Waals surface area contributed by atoms with Crippen LogP contribution in [0.4, 0.5) is 0 Å². The molecule has 23 heavy (non-hydrogen) atoms. The Kier molecular flexibility index (Phi) is 6.29. The Morgan fingerprint density at radius 2 is 2.17 bits per heavy atom. The van der Waals surface area contributed by atoms with Crippen molar-refractivity contribution in [2.75, 3.05) is 39.6 Å². The van der Waals surface area contributed by atoms with Crippen LogP contribution in [0.15, 0.2) is 18.2 Å². The summed E-state index contributed by atoms with van der Waals surface area (Å²) in [5, 5.41) is 4.06. The third-order valence-corrected chi connectivity index (χ3v) is 5.16. The maximum absolute atomic E-state index is 11.5. The van der Waals surface area contributed by atoms with Gasteiger partial charge in [0.2, 0.25) is 10.0 Å². The van der Waals surface area contributed by atoms with E-state index in [2.05, 4.69) is 10.0 Å². The first-order valence-electron chi connectivity index (χ1n) is 7.04. The lowest BCUT2D eigenvalue weighted by Crippen LogP contribution is -2.54. The molecule has 0 radical (unpaired) electrons. The molecular weight excluding hydrogens is 363 g/mol. The van der Waals surface area contributed by atoms with Gasteiger partial charge in [-0.1, -0.05) is 29.3 Å². The van der Waals surface area contributed by atoms with Gasteiger partial charge in [0.1, 0.15) is 11.7 Å². The summed E-state index contributed by atoms with van der Waals surface area (Å²) >= 11 is 12.1. The van der Waals surface area contributed by atoms with E-state index in [1.807, 2.05) is 0 Å². The van der Waals surface area contributed by atoms with Gasteiger partial charge in [-0.3, -0.25) is 0 Å². The van der Waals surface area contributed by atoms with Gasteiger partial charge in [-0.15, -0.1) is 0 Å². The highest BCUT2D eigenvalue weighted by atomic mass is 35.5. The molecule has 0 amide bonds. The maximum atomic E-state index is 11.5.